The lowest BCUT2D eigenvalue weighted by atomic mass is 9.93. The molecule has 0 aliphatic carbocycles. The Balaban J connectivity index is 1.30. The molecule has 0 bridgehead atoms. The number of anilines is 1. The number of carbonyl (C=O) groups is 1. The van der Waals surface area contributed by atoms with Gasteiger partial charge in [0, 0.05) is 49.1 Å². The highest BCUT2D eigenvalue weighted by Gasteiger charge is 2.28. The van der Waals surface area contributed by atoms with E-state index in [9.17, 15) is 9.90 Å². The molecular weight excluding hydrogens is 520 g/mol. The van der Waals surface area contributed by atoms with E-state index in [0.29, 0.717) is 31.7 Å². The van der Waals surface area contributed by atoms with Crippen LogP contribution in [0.25, 0.3) is 21.8 Å². The van der Waals surface area contributed by atoms with E-state index in [2.05, 4.69) is 26.0 Å². The Morgan fingerprint density at radius 3 is 2.61 bits per heavy atom. The van der Waals surface area contributed by atoms with Crippen molar-refractivity contribution in [2.75, 3.05) is 37.7 Å². The van der Waals surface area contributed by atoms with Crippen molar-refractivity contribution in [3.63, 3.8) is 0 Å². The number of fused-ring (bicyclic) bond motifs is 2. The Kier molecular flexibility index (Phi) is 7.29. The Labute approximate surface area is 239 Å². The quantitative estimate of drug-likeness (QED) is 0.368. The molecule has 0 spiro atoms. The maximum absolute atomic E-state index is 12.6. The summed E-state index contributed by atoms with van der Waals surface area (Å²) in [6.07, 6.45) is 5.23. The van der Waals surface area contributed by atoms with Gasteiger partial charge in [-0.2, -0.15) is 5.10 Å². The number of para-hydroxylation sites is 1. The summed E-state index contributed by atoms with van der Waals surface area (Å²) in [4.78, 5) is 25.7. The standard InChI is InChI=1S/C31H38N6O4/c1-20-11-12-24-23(18-34-37(24)25-10-5-6-17-40-25)26(20)28(38)21-8-7-9-22-27(21)32-19-33-29(22)35-13-15-36(16-14-35)30(39)41-31(2,3)4/h7-9,11-12,18-19,25,28,38H,5-6,10,13-17H2,1-4H3. The smallest absolute Gasteiger partial charge is 0.410 e. The Hall–Kier alpha value is -3.76. The van der Waals surface area contributed by atoms with Gasteiger partial charge in [-0.25, -0.2) is 19.4 Å². The van der Waals surface area contributed by atoms with E-state index < -0.39 is 11.7 Å². The number of aromatic nitrogens is 4. The topological polar surface area (TPSA) is 106 Å². The molecule has 2 aliphatic heterocycles. The maximum Gasteiger partial charge on any atom is 0.410 e. The number of aliphatic hydroxyl groups is 1. The zero-order chi connectivity index (χ0) is 28.7. The number of aryl methyl sites for hydroxylation is 1. The fourth-order valence-corrected chi connectivity index (χ4v) is 5.91. The second kappa shape index (κ2) is 10.9. The monoisotopic (exact) mass is 558 g/mol. The third-order valence-electron chi connectivity index (χ3n) is 7.94. The van der Waals surface area contributed by atoms with Crippen LogP contribution in [0.2, 0.25) is 0 Å². The summed E-state index contributed by atoms with van der Waals surface area (Å²) in [7, 11) is 0. The lowest BCUT2D eigenvalue weighted by molar-refractivity contribution is -0.0366. The van der Waals surface area contributed by atoms with Gasteiger partial charge in [0.2, 0.25) is 0 Å². The van der Waals surface area contributed by atoms with Crippen LogP contribution in [0.15, 0.2) is 42.9 Å². The van der Waals surface area contributed by atoms with Gasteiger partial charge in [0.1, 0.15) is 23.9 Å². The molecule has 216 valence electrons. The van der Waals surface area contributed by atoms with E-state index in [1.54, 1.807) is 11.2 Å². The van der Waals surface area contributed by atoms with Crippen molar-refractivity contribution in [3.05, 3.63) is 59.5 Å². The van der Waals surface area contributed by atoms with E-state index in [0.717, 1.165) is 64.7 Å². The van der Waals surface area contributed by atoms with Gasteiger partial charge in [-0.3, -0.25) is 0 Å². The first-order chi connectivity index (χ1) is 19.7. The Bertz CT molecular complexity index is 1560. The molecule has 2 unspecified atom stereocenters. The van der Waals surface area contributed by atoms with E-state index in [-0.39, 0.29) is 12.3 Å². The van der Waals surface area contributed by atoms with Gasteiger partial charge < -0.3 is 24.4 Å². The van der Waals surface area contributed by atoms with Crippen LogP contribution in [0.3, 0.4) is 0 Å². The van der Waals surface area contributed by atoms with Crippen LogP contribution in [-0.4, -0.2) is 74.2 Å². The molecule has 0 radical (unpaired) electrons. The summed E-state index contributed by atoms with van der Waals surface area (Å²) in [5.41, 5.74) is 3.66. The molecule has 2 saturated heterocycles. The van der Waals surface area contributed by atoms with Gasteiger partial charge >= 0.3 is 6.09 Å². The van der Waals surface area contributed by atoms with E-state index >= 15 is 0 Å². The second-order valence-corrected chi connectivity index (χ2v) is 11.9. The SMILES string of the molecule is Cc1ccc2c(cnn2C2CCCCO2)c1C(O)c1cccc2c(N3CCN(C(=O)OC(C)(C)C)CC3)ncnc12. The predicted molar refractivity (Wildman–Crippen MR) is 157 cm³/mol. The highest BCUT2D eigenvalue weighted by molar-refractivity contribution is 5.93. The van der Waals surface area contributed by atoms with Gasteiger partial charge in [0.15, 0.2) is 6.23 Å². The highest BCUT2D eigenvalue weighted by Crippen LogP contribution is 2.37. The van der Waals surface area contributed by atoms with Crippen LogP contribution in [0.5, 0.6) is 0 Å². The first-order valence-corrected chi connectivity index (χ1v) is 14.4. The number of piperazine rings is 1. The van der Waals surface area contributed by atoms with Gasteiger partial charge in [-0.05, 0) is 70.2 Å². The molecule has 2 atom stereocenters. The molecule has 4 aromatic rings. The van der Waals surface area contributed by atoms with Gasteiger partial charge in [0.05, 0.1) is 17.2 Å². The largest absolute Gasteiger partial charge is 0.444 e. The Morgan fingerprint density at radius 2 is 1.88 bits per heavy atom. The molecule has 1 amide bonds. The van der Waals surface area contributed by atoms with Gasteiger partial charge in [-0.15, -0.1) is 0 Å². The van der Waals surface area contributed by atoms with E-state index in [1.807, 2.05) is 62.8 Å². The minimum Gasteiger partial charge on any atom is -0.444 e. The molecule has 6 rings (SSSR count). The lowest BCUT2D eigenvalue weighted by Gasteiger charge is -2.36. The number of hydrogen-bond donors (Lipinski definition) is 1. The number of hydrogen-bond acceptors (Lipinski definition) is 8. The molecule has 2 aromatic carbocycles. The van der Waals surface area contributed by atoms with E-state index in [4.69, 9.17) is 9.47 Å². The lowest BCUT2D eigenvalue weighted by Crippen LogP contribution is -2.50. The molecule has 2 aliphatic rings. The van der Waals surface area contributed by atoms with E-state index in [1.165, 1.54) is 0 Å². The molecule has 0 saturated carbocycles. The highest BCUT2D eigenvalue weighted by atomic mass is 16.6. The average molecular weight is 559 g/mol. The summed E-state index contributed by atoms with van der Waals surface area (Å²) in [5, 5.41) is 18.3. The maximum atomic E-state index is 12.6. The minimum absolute atomic E-state index is 0.0856. The number of nitrogens with zero attached hydrogens (tertiary/aromatic N) is 6. The van der Waals surface area contributed by atoms with Crippen LogP contribution in [0.1, 0.15) is 69.1 Å². The van der Waals surface area contributed by atoms with Crippen LogP contribution in [0.4, 0.5) is 10.6 Å². The predicted octanol–water partition coefficient (Wildman–Crippen LogP) is 5.13. The number of amides is 1. The number of carbonyl (C=O) groups excluding carboxylic acids is 1. The van der Waals surface area contributed by atoms with Crippen molar-refractivity contribution >= 4 is 33.7 Å². The van der Waals surface area contributed by atoms with Crippen molar-refractivity contribution in [1.82, 2.24) is 24.6 Å². The fourth-order valence-electron chi connectivity index (χ4n) is 5.91. The fraction of sp³-hybridized carbons (Fsp3) is 0.484. The summed E-state index contributed by atoms with van der Waals surface area (Å²) >= 11 is 0. The molecule has 2 fully saturated rings. The molecule has 4 heterocycles. The summed E-state index contributed by atoms with van der Waals surface area (Å²) < 4.78 is 13.5. The second-order valence-electron chi connectivity index (χ2n) is 11.9. The van der Waals surface area contributed by atoms with Crippen molar-refractivity contribution < 1.29 is 19.4 Å². The molecule has 10 nitrogen and oxygen atoms in total. The first-order valence-electron chi connectivity index (χ1n) is 14.4. The normalized spacial score (nSPS) is 19.1. The molecule has 41 heavy (non-hydrogen) atoms. The third-order valence-corrected chi connectivity index (χ3v) is 7.94. The number of aliphatic hydroxyl groups excluding tert-OH is 1. The van der Waals surface area contributed by atoms with Crippen LogP contribution in [-0.2, 0) is 9.47 Å². The third kappa shape index (κ3) is 5.34. The summed E-state index contributed by atoms with van der Waals surface area (Å²) in [5.74, 6) is 0.796. The number of rotatable bonds is 4. The number of ether oxygens (including phenoxy) is 2. The van der Waals surface area contributed by atoms with Gasteiger partial charge in [0.25, 0.3) is 0 Å². The molecule has 10 heteroatoms. The van der Waals surface area contributed by atoms with Crippen molar-refractivity contribution in [2.24, 2.45) is 0 Å². The van der Waals surface area contributed by atoms with Crippen molar-refractivity contribution in [2.45, 2.75) is 64.9 Å². The van der Waals surface area contributed by atoms with Crippen molar-refractivity contribution in [1.29, 1.82) is 0 Å². The zero-order valence-electron chi connectivity index (χ0n) is 24.2. The summed E-state index contributed by atoms with van der Waals surface area (Å²) in [6, 6.07) is 9.97. The molecular formula is C31H38N6O4. The average Bonchev–Trinajstić information content (AvgIpc) is 3.40. The van der Waals surface area contributed by atoms with Crippen LogP contribution >= 0.6 is 0 Å². The van der Waals surface area contributed by atoms with Crippen molar-refractivity contribution in [3.8, 4) is 0 Å². The van der Waals surface area contributed by atoms with Crippen LogP contribution in [0, 0.1) is 6.92 Å². The molecule has 1 N–H and O–H groups in total. The van der Waals surface area contributed by atoms with Crippen LogP contribution < -0.4 is 4.90 Å². The minimum atomic E-state index is -0.904. The zero-order valence-corrected chi connectivity index (χ0v) is 24.2. The summed E-state index contributed by atoms with van der Waals surface area (Å²) in [6.45, 7) is 10.7. The van der Waals surface area contributed by atoms with Gasteiger partial charge in [-0.1, -0.05) is 18.2 Å². The molecule has 2 aromatic heterocycles. The number of benzene rings is 2. The Morgan fingerprint density at radius 1 is 1.07 bits per heavy atom. The first kappa shape index (κ1) is 27.4.